The van der Waals surface area contributed by atoms with Gasteiger partial charge in [-0.2, -0.15) is 0 Å². The molecule has 0 spiro atoms. The van der Waals surface area contributed by atoms with Crippen molar-refractivity contribution in [3.05, 3.63) is 0 Å². The second-order valence-corrected chi connectivity index (χ2v) is 4.17. The first-order chi connectivity index (χ1) is 7.08. The SMILES string of the molecule is CNC(=O)CNC(=O)C1(C)CCNCC1. The van der Waals surface area contributed by atoms with Gasteiger partial charge in [-0.1, -0.05) is 6.92 Å². The molecule has 0 aromatic carbocycles. The Morgan fingerprint density at radius 2 is 1.93 bits per heavy atom. The summed E-state index contributed by atoms with van der Waals surface area (Å²) in [5, 5.41) is 8.35. The third-order valence-electron chi connectivity index (χ3n) is 2.94. The molecule has 0 saturated carbocycles. The first kappa shape index (κ1) is 12.0. The van der Waals surface area contributed by atoms with E-state index in [0.29, 0.717) is 0 Å². The number of likely N-dealkylation sites (N-methyl/N-ethyl adjacent to an activating group) is 1. The Hall–Kier alpha value is -1.10. The lowest BCUT2D eigenvalue weighted by Crippen LogP contribution is -2.47. The smallest absolute Gasteiger partial charge is 0.239 e. The molecule has 0 unspecified atom stereocenters. The maximum atomic E-state index is 11.8. The van der Waals surface area contributed by atoms with Crippen LogP contribution in [-0.2, 0) is 9.59 Å². The molecule has 86 valence electrons. The molecule has 1 heterocycles. The van der Waals surface area contributed by atoms with Crippen LogP contribution in [0.4, 0.5) is 0 Å². The quantitative estimate of drug-likeness (QED) is 0.577. The van der Waals surface area contributed by atoms with E-state index in [4.69, 9.17) is 0 Å². The summed E-state index contributed by atoms with van der Waals surface area (Å²) in [6, 6.07) is 0. The zero-order chi connectivity index (χ0) is 11.3. The van der Waals surface area contributed by atoms with Crippen LogP contribution in [0.25, 0.3) is 0 Å². The summed E-state index contributed by atoms with van der Waals surface area (Å²) in [5.74, 6) is -0.187. The largest absolute Gasteiger partial charge is 0.358 e. The van der Waals surface area contributed by atoms with E-state index in [2.05, 4.69) is 16.0 Å². The summed E-state index contributed by atoms with van der Waals surface area (Å²) >= 11 is 0. The van der Waals surface area contributed by atoms with Crippen molar-refractivity contribution in [1.82, 2.24) is 16.0 Å². The van der Waals surface area contributed by atoms with E-state index in [-0.39, 0.29) is 23.8 Å². The molecular weight excluding hydrogens is 194 g/mol. The molecule has 2 amide bonds. The summed E-state index contributed by atoms with van der Waals surface area (Å²) in [4.78, 5) is 22.8. The van der Waals surface area contributed by atoms with Gasteiger partial charge in [-0.05, 0) is 25.9 Å². The molecule has 3 N–H and O–H groups in total. The van der Waals surface area contributed by atoms with Crippen molar-refractivity contribution in [2.24, 2.45) is 5.41 Å². The standard InChI is InChI=1S/C10H19N3O2/c1-10(3-5-12-6-4-10)9(15)13-7-8(14)11-2/h12H,3-7H2,1-2H3,(H,11,14)(H,13,15). The van der Waals surface area contributed by atoms with Crippen molar-refractivity contribution in [3.63, 3.8) is 0 Å². The number of rotatable bonds is 3. The highest BCUT2D eigenvalue weighted by Gasteiger charge is 2.34. The second kappa shape index (κ2) is 5.11. The Balaban J connectivity index is 2.41. The minimum atomic E-state index is -0.320. The summed E-state index contributed by atoms with van der Waals surface area (Å²) in [6.45, 7) is 3.75. The van der Waals surface area contributed by atoms with Crippen molar-refractivity contribution in [3.8, 4) is 0 Å². The number of hydrogen-bond donors (Lipinski definition) is 3. The Morgan fingerprint density at radius 1 is 1.33 bits per heavy atom. The molecule has 0 atom stereocenters. The number of carbonyl (C=O) groups excluding carboxylic acids is 2. The maximum Gasteiger partial charge on any atom is 0.239 e. The van der Waals surface area contributed by atoms with Crippen LogP contribution in [0.15, 0.2) is 0 Å². The van der Waals surface area contributed by atoms with E-state index in [1.54, 1.807) is 7.05 Å². The highest BCUT2D eigenvalue weighted by Crippen LogP contribution is 2.27. The Morgan fingerprint density at radius 3 is 2.47 bits per heavy atom. The molecule has 1 aliphatic rings. The van der Waals surface area contributed by atoms with Gasteiger partial charge in [0.05, 0.1) is 6.54 Å². The van der Waals surface area contributed by atoms with E-state index in [9.17, 15) is 9.59 Å². The topological polar surface area (TPSA) is 70.2 Å². The lowest BCUT2D eigenvalue weighted by molar-refractivity contribution is -0.133. The number of nitrogens with one attached hydrogen (secondary N) is 3. The molecule has 0 aliphatic carbocycles. The van der Waals surface area contributed by atoms with Gasteiger partial charge in [-0.3, -0.25) is 9.59 Å². The van der Waals surface area contributed by atoms with E-state index in [1.165, 1.54) is 0 Å². The van der Waals surface area contributed by atoms with Crippen LogP contribution in [0, 0.1) is 5.41 Å². The third-order valence-corrected chi connectivity index (χ3v) is 2.94. The van der Waals surface area contributed by atoms with Crippen LogP contribution in [0.2, 0.25) is 0 Å². The molecule has 0 bridgehead atoms. The van der Waals surface area contributed by atoms with Crippen molar-refractivity contribution in [1.29, 1.82) is 0 Å². The van der Waals surface area contributed by atoms with Crippen molar-refractivity contribution < 1.29 is 9.59 Å². The Bertz CT molecular complexity index is 247. The molecule has 1 aliphatic heterocycles. The first-order valence-electron chi connectivity index (χ1n) is 5.28. The van der Waals surface area contributed by atoms with Crippen LogP contribution in [-0.4, -0.2) is 38.5 Å². The predicted octanol–water partition coefficient (Wildman–Crippen LogP) is -0.762. The van der Waals surface area contributed by atoms with Crippen LogP contribution in [0.1, 0.15) is 19.8 Å². The highest BCUT2D eigenvalue weighted by atomic mass is 16.2. The van der Waals surface area contributed by atoms with Crippen molar-refractivity contribution in [2.45, 2.75) is 19.8 Å². The van der Waals surface area contributed by atoms with E-state index in [1.807, 2.05) is 6.92 Å². The predicted molar refractivity (Wildman–Crippen MR) is 57.3 cm³/mol. The number of amides is 2. The zero-order valence-corrected chi connectivity index (χ0v) is 9.35. The molecule has 0 radical (unpaired) electrons. The summed E-state index contributed by atoms with van der Waals surface area (Å²) < 4.78 is 0. The fraction of sp³-hybridized carbons (Fsp3) is 0.800. The molecule has 5 heteroatoms. The molecule has 1 fully saturated rings. The lowest BCUT2D eigenvalue weighted by atomic mass is 9.80. The van der Waals surface area contributed by atoms with Gasteiger partial charge in [0.1, 0.15) is 0 Å². The molecule has 5 nitrogen and oxygen atoms in total. The average molecular weight is 213 g/mol. The molecule has 0 aromatic heterocycles. The van der Waals surface area contributed by atoms with Crippen LogP contribution >= 0.6 is 0 Å². The normalized spacial score (nSPS) is 19.3. The van der Waals surface area contributed by atoms with Crippen LogP contribution in [0.5, 0.6) is 0 Å². The fourth-order valence-corrected chi connectivity index (χ4v) is 1.67. The van der Waals surface area contributed by atoms with E-state index in [0.717, 1.165) is 25.9 Å². The van der Waals surface area contributed by atoms with Crippen molar-refractivity contribution >= 4 is 11.8 Å². The van der Waals surface area contributed by atoms with Gasteiger partial charge in [-0.15, -0.1) is 0 Å². The summed E-state index contributed by atoms with van der Waals surface area (Å²) in [7, 11) is 1.56. The fourth-order valence-electron chi connectivity index (χ4n) is 1.67. The van der Waals surface area contributed by atoms with Gasteiger partial charge in [0.2, 0.25) is 11.8 Å². The van der Waals surface area contributed by atoms with Crippen LogP contribution < -0.4 is 16.0 Å². The van der Waals surface area contributed by atoms with Crippen molar-refractivity contribution in [2.75, 3.05) is 26.7 Å². The van der Waals surface area contributed by atoms with Crippen LogP contribution in [0.3, 0.4) is 0 Å². The van der Waals surface area contributed by atoms with Gasteiger partial charge < -0.3 is 16.0 Å². The Labute approximate surface area is 90.0 Å². The van der Waals surface area contributed by atoms with Gasteiger partial charge in [0.25, 0.3) is 0 Å². The number of carbonyl (C=O) groups is 2. The monoisotopic (exact) mass is 213 g/mol. The minimum absolute atomic E-state index is 0.0207. The Kier molecular flexibility index (Phi) is 4.08. The highest BCUT2D eigenvalue weighted by molar-refractivity contribution is 5.87. The first-order valence-corrected chi connectivity index (χ1v) is 5.28. The molecule has 1 rings (SSSR count). The lowest BCUT2D eigenvalue weighted by Gasteiger charge is -2.32. The van der Waals surface area contributed by atoms with E-state index < -0.39 is 0 Å². The average Bonchev–Trinajstić information content (AvgIpc) is 2.26. The molecular formula is C10H19N3O2. The van der Waals surface area contributed by atoms with Gasteiger partial charge >= 0.3 is 0 Å². The van der Waals surface area contributed by atoms with Gasteiger partial charge in [-0.25, -0.2) is 0 Å². The molecule has 15 heavy (non-hydrogen) atoms. The third kappa shape index (κ3) is 3.20. The molecule has 0 aromatic rings. The number of piperidine rings is 1. The number of hydrogen-bond acceptors (Lipinski definition) is 3. The van der Waals surface area contributed by atoms with Gasteiger partial charge in [0.15, 0.2) is 0 Å². The second-order valence-electron chi connectivity index (χ2n) is 4.17. The zero-order valence-electron chi connectivity index (χ0n) is 9.35. The summed E-state index contributed by atoms with van der Waals surface area (Å²) in [5.41, 5.74) is -0.320. The summed E-state index contributed by atoms with van der Waals surface area (Å²) in [6.07, 6.45) is 1.65. The van der Waals surface area contributed by atoms with Gasteiger partial charge in [0, 0.05) is 12.5 Å². The maximum absolute atomic E-state index is 11.8. The molecule has 1 saturated heterocycles. The minimum Gasteiger partial charge on any atom is -0.358 e. The van der Waals surface area contributed by atoms with E-state index >= 15 is 0 Å².